The van der Waals surface area contributed by atoms with E-state index in [1.807, 2.05) is 6.07 Å². The second-order valence-corrected chi connectivity index (χ2v) is 5.49. The average molecular weight is 303 g/mol. The molecule has 1 heteroatoms. The van der Waals surface area contributed by atoms with Crippen molar-refractivity contribution in [3.05, 3.63) is 58.6 Å². The molecule has 0 aliphatic rings. The standard InChI is InChI=1S/C17H19Br/c1-2-3-4-7-14-10-12-15(13-11-14)16-8-5-6-9-17(16)18/h5-6,8-13H,2-4,7H2,1H3. The van der Waals surface area contributed by atoms with Crippen LogP contribution in [0.3, 0.4) is 0 Å². The Morgan fingerprint density at radius 3 is 2.28 bits per heavy atom. The normalized spacial score (nSPS) is 10.6. The molecule has 0 fully saturated rings. The molecule has 0 aromatic heterocycles. The zero-order valence-electron chi connectivity index (χ0n) is 10.8. The maximum atomic E-state index is 3.60. The van der Waals surface area contributed by atoms with Crippen LogP contribution < -0.4 is 0 Å². The molecule has 0 radical (unpaired) electrons. The fourth-order valence-electron chi connectivity index (χ4n) is 2.13. The van der Waals surface area contributed by atoms with Crippen LogP contribution in [0.25, 0.3) is 11.1 Å². The Hall–Kier alpha value is -1.08. The van der Waals surface area contributed by atoms with E-state index in [0.29, 0.717) is 0 Å². The number of hydrogen-bond acceptors (Lipinski definition) is 0. The predicted molar refractivity (Wildman–Crippen MR) is 82.8 cm³/mol. The Bertz CT molecular complexity index is 485. The summed E-state index contributed by atoms with van der Waals surface area (Å²) in [7, 11) is 0. The molecule has 2 rings (SSSR count). The third-order valence-electron chi connectivity index (χ3n) is 3.21. The highest BCUT2D eigenvalue weighted by molar-refractivity contribution is 9.10. The van der Waals surface area contributed by atoms with Gasteiger partial charge in [-0.15, -0.1) is 0 Å². The first-order chi connectivity index (χ1) is 8.81. The van der Waals surface area contributed by atoms with Crippen LogP contribution in [0.1, 0.15) is 31.7 Å². The maximum absolute atomic E-state index is 3.60. The van der Waals surface area contributed by atoms with E-state index in [4.69, 9.17) is 0 Å². The van der Waals surface area contributed by atoms with Crippen LogP contribution in [0.2, 0.25) is 0 Å². The first-order valence-corrected chi connectivity index (χ1v) is 7.44. The molecule has 0 N–H and O–H groups in total. The topological polar surface area (TPSA) is 0 Å². The second kappa shape index (κ2) is 6.75. The third kappa shape index (κ3) is 3.46. The van der Waals surface area contributed by atoms with Crippen molar-refractivity contribution in [2.45, 2.75) is 32.6 Å². The molecule has 0 saturated heterocycles. The molecule has 0 spiro atoms. The van der Waals surface area contributed by atoms with Crippen LogP contribution in [0, 0.1) is 0 Å². The summed E-state index contributed by atoms with van der Waals surface area (Å²) in [5.41, 5.74) is 3.98. The Balaban J connectivity index is 2.10. The summed E-state index contributed by atoms with van der Waals surface area (Å²) in [6.07, 6.45) is 5.11. The van der Waals surface area contributed by atoms with Gasteiger partial charge in [-0.1, -0.05) is 78.2 Å². The van der Waals surface area contributed by atoms with Crippen LogP contribution in [-0.4, -0.2) is 0 Å². The van der Waals surface area contributed by atoms with Gasteiger partial charge in [0, 0.05) is 4.47 Å². The van der Waals surface area contributed by atoms with E-state index in [2.05, 4.69) is 65.3 Å². The SMILES string of the molecule is CCCCCc1ccc(-c2ccccc2Br)cc1. The number of benzene rings is 2. The molecule has 0 aliphatic carbocycles. The number of aryl methyl sites for hydroxylation is 1. The van der Waals surface area contributed by atoms with Gasteiger partial charge in [0.1, 0.15) is 0 Å². The largest absolute Gasteiger partial charge is 0.0654 e. The summed E-state index contributed by atoms with van der Waals surface area (Å²) in [4.78, 5) is 0. The minimum atomic E-state index is 1.16. The molecule has 0 aliphatic heterocycles. The fourth-order valence-corrected chi connectivity index (χ4v) is 2.64. The number of hydrogen-bond donors (Lipinski definition) is 0. The Labute approximate surface area is 118 Å². The number of halogens is 1. The third-order valence-corrected chi connectivity index (χ3v) is 3.90. The Morgan fingerprint density at radius 2 is 1.61 bits per heavy atom. The number of rotatable bonds is 5. The fraction of sp³-hybridized carbons (Fsp3) is 0.294. The molecule has 0 bridgehead atoms. The number of unbranched alkanes of at least 4 members (excludes halogenated alkanes) is 2. The van der Waals surface area contributed by atoms with Crippen molar-refractivity contribution in [2.75, 3.05) is 0 Å². The molecule has 0 heterocycles. The van der Waals surface area contributed by atoms with Crippen molar-refractivity contribution in [1.29, 1.82) is 0 Å². The van der Waals surface area contributed by atoms with Crippen molar-refractivity contribution in [1.82, 2.24) is 0 Å². The lowest BCUT2D eigenvalue weighted by atomic mass is 10.0. The monoisotopic (exact) mass is 302 g/mol. The van der Waals surface area contributed by atoms with Crippen LogP contribution in [0.15, 0.2) is 53.0 Å². The zero-order valence-corrected chi connectivity index (χ0v) is 12.4. The van der Waals surface area contributed by atoms with Gasteiger partial charge in [0.25, 0.3) is 0 Å². The minimum absolute atomic E-state index is 1.16. The van der Waals surface area contributed by atoms with Crippen LogP contribution in [0.4, 0.5) is 0 Å². The molecule has 0 saturated carbocycles. The molecule has 0 nitrogen and oxygen atoms in total. The lowest BCUT2D eigenvalue weighted by molar-refractivity contribution is 0.717. The summed E-state index contributed by atoms with van der Waals surface area (Å²) in [5.74, 6) is 0. The van der Waals surface area contributed by atoms with Crippen molar-refractivity contribution in [3.63, 3.8) is 0 Å². The van der Waals surface area contributed by atoms with E-state index in [1.165, 1.54) is 42.4 Å². The van der Waals surface area contributed by atoms with Gasteiger partial charge in [0.15, 0.2) is 0 Å². The van der Waals surface area contributed by atoms with Crippen molar-refractivity contribution in [2.24, 2.45) is 0 Å². The molecule has 18 heavy (non-hydrogen) atoms. The lowest BCUT2D eigenvalue weighted by Gasteiger charge is -2.06. The second-order valence-electron chi connectivity index (χ2n) is 4.63. The van der Waals surface area contributed by atoms with Gasteiger partial charge in [-0.05, 0) is 35.6 Å². The first-order valence-electron chi connectivity index (χ1n) is 6.65. The minimum Gasteiger partial charge on any atom is -0.0654 e. The van der Waals surface area contributed by atoms with Gasteiger partial charge in [-0.3, -0.25) is 0 Å². The van der Waals surface area contributed by atoms with Crippen molar-refractivity contribution < 1.29 is 0 Å². The highest BCUT2D eigenvalue weighted by Gasteiger charge is 2.01. The van der Waals surface area contributed by atoms with Crippen LogP contribution >= 0.6 is 15.9 Å². The van der Waals surface area contributed by atoms with Crippen molar-refractivity contribution in [3.8, 4) is 11.1 Å². The summed E-state index contributed by atoms with van der Waals surface area (Å²) in [5, 5.41) is 0. The first kappa shape index (κ1) is 13.4. The van der Waals surface area contributed by atoms with Gasteiger partial charge < -0.3 is 0 Å². The van der Waals surface area contributed by atoms with Crippen molar-refractivity contribution >= 4 is 15.9 Å². The Kier molecular flexibility index (Phi) is 5.00. The highest BCUT2D eigenvalue weighted by atomic mass is 79.9. The molecule has 94 valence electrons. The molecular weight excluding hydrogens is 284 g/mol. The summed E-state index contributed by atoms with van der Waals surface area (Å²) in [6.45, 7) is 2.25. The summed E-state index contributed by atoms with van der Waals surface area (Å²) < 4.78 is 1.16. The Morgan fingerprint density at radius 1 is 0.889 bits per heavy atom. The van der Waals surface area contributed by atoms with E-state index < -0.39 is 0 Å². The lowest BCUT2D eigenvalue weighted by Crippen LogP contribution is -1.86. The molecule has 0 unspecified atom stereocenters. The molecule has 0 atom stereocenters. The van der Waals surface area contributed by atoms with Gasteiger partial charge in [0.2, 0.25) is 0 Å². The predicted octanol–water partition coefficient (Wildman–Crippen LogP) is 5.85. The van der Waals surface area contributed by atoms with Crippen LogP contribution in [0.5, 0.6) is 0 Å². The quantitative estimate of drug-likeness (QED) is 0.608. The zero-order chi connectivity index (χ0) is 12.8. The molecule has 2 aromatic carbocycles. The van der Waals surface area contributed by atoms with Gasteiger partial charge in [0.05, 0.1) is 0 Å². The van der Waals surface area contributed by atoms with Gasteiger partial charge in [-0.2, -0.15) is 0 Å². The van der Waals surface area contributed by atoms with E-state index >= 15 is 0 Å². The molecule has 0 amide bonds. The van der Waals surface area contributed by atoms with E-state index in [-0.39, 0.29) is 0 Å². The van der Waals surface area contributed by atoms with E-state index in [1.54, 1.807) is 0 Å². The van der Waals surface area contributed by atoms with Gasteiger partial charge >= 0.3 is 0 Å². The van der Waals surface area contributed by atoms with E-state index in [0.717, 1.165) is 4.47 Å². The summed E-state index contributed by atoms with van der Waals surface area (Å²) in [6, 6.07) is 17.3. The highest BCUT2D eigenvalue weighted by Crippen LogP contribution is 2.28. The molecule has 2 aromatic rings. The summed E-state index contributed by atoms with van der Waals surface area (Å²) >= 11 is 3.60. The smallest absolute Gasteiger partial charge is 0.0253 e. The average Bonchev–Trinajstić information content (AvgIpc) is 2.41. The van der Waals surface area contributed by atoms with Gasteiger partial charge in [-0.25, -0.2) is 0 Å². The molecular formula is C17H19Br. The maximum Gasteiger partial charge on any atom is 0.0253 e. The van der Waals surface area contributed by atoms with Crippen LogP contribution in [-0.2, 0) is 6.42 Å². The van der Waals surface area contributed by atoms with E-state index in [9.17, 15) is 0 Å².